The first-order valence-electron chi connectivity index (χ1n) is 7.75. The normalized spacial score (nSPS) is 17.8. The Hall–Kier alpha value is -2.34. The van der Waals surface area contributed by atoms with Gasteiger partial charge in [0, 0.05) is 38.3 Å². The lowest BCUT2D eigenvalue weighted by molar-refractivity contribution is -0.117. The van der Waals surface area contributed by atoms with Crippen molar-refractivity contribution in [2.24, 2.45) is 7.05 Å². The summed E-state index contributed by atoms with van der Waals surface area (Å²) in [6, 6.07) is 9.92. The monoisotopic (exact) mass is 314 g/mol. The van der Waals surface area contributed by atoms with Crippen LogP contribution in [0.5, 0.6) is 5.88 Å². The molecule has 1 saturated heterocycles. The van der Waals surface area contributed by atoms with Crippen LogP contribution in [-0.4, -0.2) is 35.4 Å². The van der Waals surface area contributed by atoms with E-state index in [1.807, 2.05) is 49.2 Å². The molecule has 1 aromatic heterocycles. The number of carbonyl (C=O) groups is 1. The number of hydrogen-bond donors (Lipinski definition) is 1. The van der Waals surface area contributed by atoms with E-state index >= 15 is 0 Å². The Morgan fingerprint density at radius 3 is 2.78 bits per heavy atom. The fourth-order valence-electron chi connectivity index (χ4n) is 3.09. The van der Waals surface area contributed by atoms with Gasteiger partial charge >= 0.3 is 0 Å². The molecule has 1 fully saturated rings. The van der Waals surface area contributed by atoms with Crippen molar-refractivity contribution in [3.8, 4) is 5.88 Å². The molecule has 0 bridgehead atoms. The molecule has 1 aliphatic heterocycles. The van der Waals surface area contributed by atoms with E-state index in [2.05, 4.69) is 10.4 Å². The molecule has 2 heterocycles. The molecule has 1 atom stereocenters. The summed E-state index contributed by atoms with van der Waals surface area (Å²) < 4.78 is 7.15. The van der Waals surface area contributed by atoms with E-state index in [0.29, 0.717) is 19.5 Å². The number of ether oxygens (including phenoxy) is 1. The van der Waals surface area contributed by atoms with Crippen molar-refractivity contribution < 1.29 is 9.53 Å². The Balaban J connectivity index is 1.66. The molecule has 1 amide bonds. The Morgan fingerprint density at radius 1 is 1.35 bits per heavy atom. The fourth-order valence-corrected chi connectivity index (χ4v) is 3.09. The topological polar surface area (TPSA) is 59.4 Å². The predicted molar refractivity (Wildman–Crippen MR) is 88.5 cm³/mol. The number of methoxy groups -OCH3 is 1. The molecule has 6 nitrogen and oxygen atoms in total. The number of amides is 1. The number of anilines is 1. The molecule has 3 rings (SSSR count). The largest absolute Gasteiger partial charge is 0.481 e. The zero-order valence-electron chi connectivity index (χ0n) is 13.7. The number of rotatable bonds is 5. The minimum atomic E-state index is 0.131. The van der Waals surface area contributed by atoms with Crippen molar-refractivity contribution in [3.63, 3.8) is 0 Å². The smallest absolute Gasteiger partial charge is 0.228 e. The SMILES string of the molecule is COc1c(CN[C@H]2CC(=O)N(c3ccccc3)C2)c(C)nn1C. The van der Waals surface area contributed by atoms with Gasteiger partial charge in [0.1, 0.15) is 0 Å². The summed E-state index contributed by atoms with van der Waals surface area (Å²) >= 11 is 0. The maximum Gasteiger partial charge on any atom is 0.228 e. The van der Waals surface area contributed by atoms with Crippen LogP contribution in [0.4, 0.5) is 5.69 Å². The van der Waals surface area contributed by atoms with Gasteiger partial charge in [-0.05, 0) is 19.1 Å². The van der Waals surface area contributed by atoms with Gasteiger partial charge in [0.2, 0.25) is 11.8 Å². The van der Waals surface area contributed by atoms with E-state index in [0.717, 1.165) is 22.8 Å². The van der Waals surface area contributed by atoms with Gasteiger partial charge in [-0.2, -0.15) is 5.10 Å². The molecule has 2 aromatic rings. The highest BCUT2D eigenvalue weighted by Gasteiger charge is 2.30. The van der Waals surface area contributed by atoms with Crippen molar-refractivity contribution >= 4 is 11.6 Å². The highest BCUT2D eigenvalue weighted by molar-refractivity contribution is 5.96. The number of aromatic nitrogens is 2. The predicted octanol–water partition coefficient (Wildman–Crippen LogP) is 1.63. The Morgan fingerprint density at radius 2 is 2.09 bits per heavy atom. The van der Waals surface area contributed by atoms with Crippen molar-refractivity contribution in [2.75, 3.05) is 18.6 Å². The third kappa shape index (κ3) is 3.07. The van der Waals surface area contributed by atoms with Crippen LogP contribution in [0.2, 0.25) is 0 Å². The van der Waals surface area contributed by atoms with Crippen molar-refractivity contribution in [1.29, 1.82) is 0 Å². The first kappa shape index (κ1) is 15.6. The Kier molecular flexibility index (Phi) is 4.34. The van der Waals surface area contributed by atoms with Gasteiger partial charge in [-0.25, -0.2) is 4.68 Å². The minimum absolute atomic E-state index is 0.131. The zero-order valence-corrected chi connectivity index (χ0v) is 13.7. The van der Waals surface area contributed by atoms with Gasteiger partial charge in [-0.15, -0.1) is 0 Å². The number of aryl methyl sites for hydroxylation is 2. The average Bonchev–Trinajstić information content (AvgIpc) is 3.05. The Labute approximate surface area is 136 Å². The van der Waals surface area contributed by atoms with E-state index in [1.165, 1.54) is 0 Å². The molecule has 0 radical (unpaired) electrons. The number of nitrogens with one attached hydrogen (secondary N) is 1. The van der Waals surface area contributed by atoms with Crippen LogP contribution >= 0.6 is 0 Å². The van der Waals surface area contributed by atoms with Crippen molar-refractivity contribution in [1.82, 2.24) is 15.1 Å². The molecule has 0 unspecified atom stereocenters. The van der Waals surface area contributed by atoms with E-state index in [1.54, 1.807) is 11.8 Å². The molecule has 0 saturated carbocycles. The number of carbonyl (C=O) groups excluding carboxylic acids is 1. The summed E-state index contributed by atoms with van der Waals surface area (Å²) in [7, 11) is 3.52. The number of hydrogen-bond acceptors (Lipinski definition) is 4. The molecule has 0 spiro atoms. The van der Waals surface area contributed by atoms with Crippen LogP contribution in [0, 0.1) is 6.92 Å². The van der Waals surface area contributed by atoms with Crippen molar-refractivity contribution in [2.45, 2.75) is 25.9 Å². The summed E-state index contributed by atoms with van der Waals surface area (Å²) in [6.45, 7) is 3.30. The second-order valence-electron chi connectivity index (χ2n) is 5.82. The summed E-state index contributed by atoms with van der Waals surface area (Å²) in [4.78, 5) is 14.1. The zero-order chi connectivity index (χ0) is 16.4. The highest BCUT2D eigenvalue weighted by atomic mass is 16.5. The number of benzene rings is 1. The van der Waals surface area contributed by atoms with E-state index in [9.17, 15) is 4.79 Å². The average molecular weight is 314 g/mol. The van der Waals surface area contributed by atoms with Gasteiger partial charge in [-0.1, -0.05) is 18.2 Å². The van der Waals surface area contributed by atoms with E-state index < -0.39 is 0 Å². The molecular formula is C17H22N4O2. The molecular weight excluding hydrogens is 292 g/mol. The fraction of sp³-hybridized carbons (Fsp3) is 0.412. The highest BCUT2D eigenvalue weighted by Crippen LogP contribution is 2.23. The molecule has 1 aromatic carbocycles. The van der Waals surface area contributed by atoms with E-state index in [-0.39, 0.29) is 11.9 Å². The summed E-state index contributed by atoms with van der Waals surface area (Å²) in [6.07, 6.45) is 0.510. The number of nitrogens with zero attached hydrogens (tertiary/aromatic N) is 3. The van der Waals surface area contributed by atoms with Crippen LogP contribution in [0.15, 0.2) is 30.3 Å². The minimum Gasteiger partial charge on any atom is -0.481 e. The van der Waals surface area contributed by atoms with Gasteiger partial charge in [-0.3, -0.25) is 4.79 Å². The lowest BCUT2D eigenvalue weighted by Crippen LogP contribution is -2.32. The van der Waals surface area contributed by atoms with Gasteiger partial charge in [0.15, 0.2) is 0 Å². The second-order valence-corrected chi connectivity index (χ2v) is 5.82. The van der Waals surface area contributed by atoms with Gasteiger partial charge in [0.25, 0.3) is 0 Å². The quantitative estimate of drug-likeness (QED) is 0.911. The molecule has 23 heavy (non-hydrogen) atoms. The van der Waals surface area contributed by atoms with Crippen LogP contribution in [-0.2, 0) is 18.4 Å². The summed E-state index contributed by atoms with van der Waals surface area (Å²) in [5.74, 6) is 0.919. The second kappa shape index (κ2) is 6.42. The molecule has 6 heteroatoms. The van der Waals surface area contributed by atoms with E-state index in [4.69, 9.17) is 4.74 Å². The lowest BCUT2D eigenvalue weighted by Gasteiger charge is -2.17. The lowest BCUT2D eigenvalue weighted by atomic mass is 10.2. The van der Waals surface area contributed by atoms with Gasteiger partial charge in [0.05, 0.1) is 18.4 Å². The molecule has 1 N–H and O–H groups in total. The first-order chi connectivity index (χ1) is 11.1. The summed E-state index contributed by atoms with van der Waals surface area (Å²) in [5.41, 5.74) is 2.94. The standard InChI is InChI=1S/C17H22N4O2/c1-12-15(17(23-3)20(2)19-12)10-18-13-9-16(22)21(11-13)14-7-5-4-6-8-14/h4-8,13,18H,9-11H2,1-3H3/t13-/m0/s1. The van der Waals surface area contributed by atoms with Crippen molar-refractivity contribution in [3.05, 3.63) is 41.6 Å². The maximum absolute atomic E-state index is 12.2. The molecule has 122 valence electrons. The Bertz CT molecular complexity index is 696. The summed E-state index contributed by atoms with van der Waals surface area (Å²) in [5, 5.41) is 7.84. The molecule has 0 aliphatic carbocycles. The van der Waals surface area contributed by atoms with Crippen LogP contribution in [0.3, 0.4) is 0 Å². The van der Waals surface area contributed by atoms with Crippen LogP contribution in [0.1, 0.15) is 17.7 Å². The third-order valence-corrected chi connectivity index (χ3v) is 4.24. The third-order valence-electron chi connectivity index (χ3n) is 4.24. The van der Waals surface area contributed by atoms with Gasteiger partial charge < -0.3 is 15.0 Å². The van der Waals surface area contributed by atoms with Crippen LogP contribution in [0.25, 0.3) is 0 Å². The first-order valence-corrected chi connectivity index (χ1v) is 7.75. The molecule has 1 aliphatic rings. The number of para-hydroxylation sites is 1. The van der Waals surface area contributed by atoms with Crippen LogP contribution < -0.4 is 15.0 Å². The maximum atomic E-state index is 12.2.